The topological polar surface area (TPSA) is 169 Å². The summed E-state index contributed by atoms with van der Waals surface area (Å²) in [5.41, 5.74) is 5.83. The van der Waals surface area contributed by atoms with Crippen LogP contribution in [0.1, 0.15) is 36.8 Å². The SMILES string of the molecule is O=C(O)C1CCN(c2cccc(-c3cc(Sc4cc(-c5cccc(N6CCC(C(=O)O)CC6)c5)c(C=CC(=O)N5CCN(CCO)CC5)c(Cl)c4Cl)c(Cl)c(Cl)c3C=CC(=O)N3CCN(CCO)CC3)c2)CC1. The Morgan fingerprint density at radius 3 is 1.23 bits per heavy atom. The van der Waals surface area contributed by atoms with Gasteiger partial charge in [-0.3, -0.25) is 29.0 Å². The summed E-state index contributed by atoms with van der Waals surface area (Å²) in [5.74, 6) is -2.74. The lowest BCUT2D eigenvalue weighted by Crippen LogP contribution is -2.48. The number of piperazine rings is 2. The van der Waals surface area contributed by atoms with E-state index in [1.165, 1.54) is 23.9 Å². The molecule has 2 amide bonds. The van der Waals surface area contributed by atoms with Crippen LogP contribution in [0.5, 0.6) is 0 Å². The number of carboxylic acids is 2. The molecule has 0 unspecified atom stereocenters. The largest absolute Gasteiger partial charge is 0.481 e. The molecular weight excluding hydrogens is 1030 g/mol. The van der Waals surface area contributed by atoms with Crippen LogP contribution in [-0.2, 0) is 19.2 Å². The van der Waals surface area contributed by atoms with Gasteiger partial charge in [0.15, 0.2) is 0 Å². The second kappa shape index (κ2) is 25.1. The third kappa shape index (κ3) is 13.2. The van der Waals surface area contributed by atoms with Crippen LogP contribution in [-0.4, -0.2) is 169 Å². The molecule has 0 radical (unpaired) electrons. The van der Waals surface area contributed by atoms with Crippen molar-refractivity contribution in [1.29, 1.82) is 0 Å². The number of piperidine rings is 2. The number of anilines is 2. The van der Waals surface area contributed by atoms with E-state index in [0.717, 1.165) is 22.5 Å². The van der Waals surface area contributed by atoms with Gasteiger partial charge in [0.1, 0.15) is 0 Å². The summed E-state index contributed by atoms with van der Waals surface area (Å²) >= 11 is 30.4. The average molecular weight is 1090 g/mol. The molecule has 4 saturated heterocycles. The lowest BCUT2D eigenvalue weighted by atomic mass is 9.95. The normalized spacial score (nSPS) is 17.8. The second-order valence-corrected chi connectivity index (χ2v) is 21.4. The lowest BCUT2D eigenvalue weighted by molar-refractivity contribution is -0.143. The third-order valence-electron chi connectivity index (χ3n) is 14.4. The summed E-state index contributed by atoms with van der Waals surface area (Å²) in [6.07, 6.45) is 8.49. The first-order chi connectivity index (χ1) is 35.2. The molecule has 0 bridgehead atoms. The Bertz CT molecular complexity index is 2550. The number of carboxylic acid groups (broad SMARTS) is 2. The molecular formula is C54H60Cl4N6O8S. The molecule has 19 heteroatoms. The molecule has 0 aliphatic carbocycles. The van der Waals surface area contributed by atoms with E-state index in [1.807, 2.05) is 60.7 Å². The number of hydrogen-bond donors (Lipinski definition) is 4. The Hall–Kier alpha value is -4.81. The Balaban J connectivity index is 1.17. The summed E-state index contributed by atoms with van der Waals surface area (Å²) in [4.78, 5) is 64.1. The Morgan fingerprint density at radius 2 is 0.890 bits per heavy atom. The van der Waals surface area contributed by atoms with E-state index in [-0.39, 0.29) is 45.1 Å². The van der Waals surface area contributed by atoms with Crippen LogP contribution in [0.3, 0.4) is 0 Å². The lowest BCUT2D eigenvalue weighted by Gasteiger charge is -2.33. The first-order valence-corrected chi connectivity index (χ1v) is 27.0. The number of carbonyl (C=O) groups is 4. The molecule has 0 aromatic heterocycles. The van der Waals surface area contributed by atoms with Gasteiger partial charge in [0.25, 0.3) is 0 Å². The zero-order valence-electron chi connectivity index (χ0n) is 40.4. The fraction of sp³-hybridized carbons (Fsp3) is 0.407. The fourth-order valence-electron chi connectivity index (χ4n) is 10.0. The van der Waals surface area contributed by atoms with E-state index in [0.29, 0.717) is 149 Å². The van der Waals surface area contributed by atoms with E-state index in [2.05, 4.69) is 19.6 Å². The highest BCUT2D eigenvalue weighted by atomic mass is 35.5. The molecule has 4 aliphatic heterocycles. The number of halogens is 4. The molecule has 4 aliphatic rings. The average Bonchev–Trinajstić information content (AvgIpc) is 3.41. The van der Waals surface area contributed by atoms with Crippen LogP contribution < -0.4 is 9.80 Å². The van der Waals surface area contributed by atoms with Crippen molar-refractivity contribution in [3.8, 4) is 22.3 Å². The Morgan fingerprint density at radius 1 is 0.521 bits per heavy atom. The molecule has 14 nitrogen and oxygen atoms in total. The van der Waals surface area contributed by atoms with Gasteiger partial charge in [0, 0.05) is 136 Å². The fourth-order valence-corrected chi connectivity index (χ4v) is 12.2. The number of aliphatic hydroxyl groups is 2. The number of hydrogen-bond acceptors (Lipinski definition) is 11. The van der Waals surface area contributed by atoms with Crippen molar-refractivity contribution >= 4 is 105 Å². The number of carbonyl (C=O) groups excluding carboxylic acids is 2. The highest BCUT2D eigenvalue weighted by molar-refractivity contribution is 7.99. The van der Waals surface area contributed by atoms with Crippen molar-refractivity contribution < 1.29 is 39.6 Å². The van der Waals surface area contributed by atoms with Crippen molar-refractivity contribution in [2.75, 3.05) is 115 Å². The predicted octanol–water partition coefficient (Wildman–Crippen LogP) is 8.69. The van der Waals surface area contributed by atoms with Gasteiger partial charge in [-0.05, 0) is 96.5 Å². The molecule has 4 aromatic rings. The first-order valence-electron chi connectivity index (χ1n) is 24.7. The van der Waals surface area contributed by atoms with E-state index in [4.69, 9.17) is 46.4 Å². The van der Waals surface area contributed by atoms with E-state index in [1.54, 1.807) is 22.0 Å². The zero-order valence-corrected chi connectivity index (χ0v) is 44.2. The highest BCUT2D eigenvalue weighted by Crippen LogP contribution is 2.49. The van der Waals surface area contributed by atoms with Crippen molar-refractivity contribution in [2.45, 2.75) is 35.5 Å². The molecule has 4 fully saturated rings. The van der Waals surface area contributed by atoms with Gasteiger partial charge in [-0.1, -0.05) is 82.4 Å². The monoisotopic (exact) mass is 1090 g/mol. The summed E-state index contributed by atoms with van der Waals surface area (Å²) < 4.78 is 0. The van der Waals surface area contributed by atoms with Gasteiger partial charge in [0.2, 0.25) is 11.8 Å². The number of rotatable bonds is 16. The molecule has 73 heavy (non-hydrogen) atoms. The maximum Gasteiger partial charge on any atom is 0.306 e. The number of benzene rings is 4. The van der Waals surface area contributed by atoms with Gasteiger partial charge >= 0.3 is 11.9 Å². The second-order valence-electron chi connectivity index (χ2n) is 18.8. The molecule has 0 atom stereocenters. The van der Waals surface area contributed by atoms with Crippen LogP contribution in [0.4, 0.5) is 11.4 Å². The highest BCUT2D eigenvalue weighted by Gasteiger charge is 2.28. The first kappa shape index (κ1) is 54.5. The zero-order chi connectivity index (χ0) is 51.8. The summed E-state index contributed by atoms with van der Waals surface area (Å²) in [6, 6.07) is 19.7. The summed E-state index contributed by atoms with van der Waals surface area (Å²) in [6.45, 7) is 8.12. The quantitative estimate of drug-likeness (QED) is 0.0788. The molecule has 4 N–H and O–H groups in total. The number of aliphatic carboxylic acids is 2. The molecule has 0 spiro atoms. The predicted molar refractivity (Wildman–Crippen MR) is 291 cm³/mol. The smallest absolute Gasteiger partial charge is 0.306 e. The van der Waals surface area contributed by atoms with Crippen LogP contribution in [0.25, 0.3) is 34.4 Å². The van der Waals surface area contributed by atoms with Crippen LogP contribution >= 0.6 is 58.2 Å². The van der Waals surface area contributed by atoms with Gasteiger partial charge in [0.05, 0.1) is 45.1 Å². The van der Waals surface area contributed by atoms with Gasteiger partial charge in [-0.2, -0.15) is 0 Å². The number of aliphatic hydroxyl groups excluding tert-OH is 2. The Kier molecular flexibility index (Phi) is 18.8. The van der Waals surface area contributed by atoms with Crippen LogP contribution in [0.2, 0.25) is 20.1 Å². The third-order valence-corrected chi connectivity index (χ3v) is 17.4. The van der Waals surface area contributed by atoms with Crippen molar-refractivity contribution in [1.82, 2.24) is 19.6 Å². The molecule has 0 saturated carbocycles. The maximum atomic E-state index is 13.7. The number of β-amino-alcohol motifs (C(OH)–C–C–N with tert-alkyl or cyclic N) is 2. The van der Waals surface area contributed by atoms with Gasteiger partial charge in [-0.25, -0.2) is 0 Å². The van der Waals surface area contributed by atoms with Crippen molar-refractivity contribution in [2.24, 2.45) is 11.8 Å². The van der Waals surface area contributed by atoms with Crippen LogP contribution in [0, 0.1) is 11.8 Å². The number of amides is 2. The maximum absolute atomic E-state index is 13.7. The summed E-state index contributed by atoms with van der Waals surface area (Å²) in [7, 11) is 0. The van der Waals surface area contributed by atoms with E-state index < -0.39 is 23.8 Å². The standard InChI is InChI=1S/C54H60Cl4N6O8S/c55-49-41(7-9-47(67)63-23-19-59(20-24-63)27-29-65)43(37-3-1-5-39(31-37)61-15-11-35(12-16-61)53(69)70)33-45(51(49)57)73-46-34-44(38-4-2-6-40(32-38)62-17-13-36(14-18-62)54(71)72)42(50(56)52(46)58)8-10-48(68)64-25-21-60(22-26-64)28-30-66/h1-10,31-36,65-66H,11-30H2,(H,69,70)(H,71,72). The van der Waals surface area contributed by atoms with Crippen LogP contribution in [0.15, 0.2) is 82.6 Å². The minimum atomic E-state index is -0.786. The van der Waals surface area contributed by atoms with Gasteiger partial charge in [-0.15, -0.1) is 0 Å². The Labute approximate surface area is 450 Å². The molecule has 4 aromatic carbocycles. The summed E-state index contributed by atoms with van der Waals surface area (Å²) in [5, 5.41) is 39.1. The van der Waals surface area contributed by atoms with E-state index >= 15 is 0 Å². The molecule has 4 heterocycles. The minimum absolute atomic E-state index is 0.0510. The van der Waals surface area contributed by atoms with Crippen molar-refractivity contribution in [3.63, 3.8) is 0 Å². The molecule has 388 valence electrons. The molecule has 8 rings (SSSR count). The van der Waals surface area contributed by atoms with Gasteiger partial charge < -0.3 is 40.0 Å². The van der Waals surface area contributed by atoms with E-state index in [9.17, 15) is 39.6 Å². The van der Waals surface area contributed by atoms with Crippen molar-refractivity contribution in [3.05, 3.63) is 104 Å². The minimum Gasteiger partial charge on any atom is -0.481 e. The number of nitrogens with zero attached hydrogens (tertiary/aromatic N) is 6.